The Morgan fingerprint density at radius 2 is 2.29 bits per heavy atom. The van der Waals surface area contributed by atoms with E-state index in [1.165, 1.54) is 0 Å². The van der Waals surface area contributed by atoms with Crippen LogP contribution in [0.4, 0.5) is 0 Å². The molecular weight excluding hydrogens is 266 g/mol. The number of likely N-dealkylation sites (tertiary alicyclic amines) is 1. The second kappa shape index (κ2) is 5.76. The number of methoxy groups -OCH3 is 1. The van der Waals surface area contributed by atoms with Crippen molar-refractivity contribution in [1.29, 1.82) is 0 Å². The van der Waals surface area contributed by atoms with Gasteiger partial charge in [-0.2, -0.15) is 0 Å². The summed E-state index contributed by atoms with van der Waals surface area (Å²) >= 11 is 0. The summed E-state index contributed by atoms with van der Waals surface area (Å²) in [5.74, 6) is 1.56. The van der Waals surface area contributed by atoms with Crippen LogP contribution in [-0.2, 0) is 11.5 Å². The highest BCUT2D eigenvalue weighted by atomic mass is 16.5. The molecule has 5 nitrogen and oxygen atoms in total. The van der Waals surface area contributed by atoms with E-state index in [1.807, 2.05) is 27.7 Å². The first-order valence-corrected chi connectivity index (χ1v) is 7.48. The van der Waals surface area contributed by atoms with Gasteiger partial charge >= 0.3 is 0 Å². The van der Waals surface area contributed by atoms with Gasteiger partial charge in [0, 0.05) is 19.0 Å². The van der Waals surface area contributed by atoms with Gasteiger partial charge in [-0.25, -0.2) is 4.98 Å². The van der Waals surface area contributed by atoms with Crippen molar-refractivity contribution in [3.05, 3.63) is 24.5 Å². The molecule has 0 aliphatic carbocycles. The van der Waals surface area contributed by atoms with Gasteiger partial charge in [-0.1, -0.05) is 13.3 Å². The lowest BCUT2D eigenvalue weighted by atomic mass is 10.0. The number of carbonyl (C=O) groups is 1. The van der Waals surface area contributed by atoms with Gasteiger partial charge in [-0.3, -0.25) is 4.79 Å². The standard InChI is InChI=1S/C16H21N3O2/c1-3-4-12-7-16(20)18(9-12)11-19-10-17-14-6-5-13(21-2)8-15(14)19/h5-6,8,10,12H,3-4,7,9,11H2,1-2H3. The number of hydrogen-bond donors (Lipinski definition) is 0. The highest BCUT2D eigenvalue weighted by Gasteiger charge is 2.29. The monoisotopic (exact) mass is 287 g/mol. The van der Waals surface area contributed by atoms with E-state index < -0.39 is 0 Å². The zero-order valence-electron chi connectivity index (χ0n) is 12.6. The van der Waals surface area contributed by atoms with Gasteiger partial charge in [0.2, 0.25) is 5.91 Å². The molecule has 1 unspecified atom stereocenters. The number of imidazole rings is 1. The van der Waals surface area contributed by atoms with Crippen LogP contribution in [0.2, 0.25) is 0 Å². The number of aromatic nitrogens is 2. The van der Waals surface area contributed by atoms with E-state index in [0.29, 0.717) is 19.0 Å². The first-order chi connectivity index (χ1) is 10.2. The number of ether oxygens (including phenoxy) is 1. The predicted molar refractivity (Wildman–Crippen MR) is 81.0 cm³/mol. The van der Waals surface area contributed by atoms with E-state index in [-0.39, 0.29) is 5.91 Å². The molecule has 1 aliphatic heterocycles. The van der Waals surface area contributed by atoms with Crippen molar-refractivity contribution in [3.8, 4) is 5.75 Å². The fraction of sp³-hybridized carbons (Fsp3) is 0.500. The number of rotatable bonds is 5. The maximum absolute atomic E-state index is 12.1. The molecule has 2 heterocycles. The summed E-state index contributed by atoms with van der Waals surface area (Å²) in [5.41, 5.74) is 1.92. The van der Waals surface area contributed by atoms with E-state index in [9.17, 15) is 4.79 Å². The normalized spacial score (nSPS) is 18.7. The van der Waals surface area contributed by atoms with E-state index in [2.05, 4.69) is 11.9 Å². The third-order valence-electron chi connectivity index (χ3n) is 4.14. The minimum atomic E-state index is 0.248. The van der Waals surface area contributed by atoms with Crippen molar-refractivity contribution in [2.45, 2.75) is 32.9 Å². The van der Waals surface area contributed by atoms with Crippen LogP contribution in [-0.4, -0.2) is 34.0 Å². The van der Waals surface area contributed by atoms with Crippen molar-refractivity contribution in [1.82, 2.24) is 14.5 Å². The summed E-state index contributed by atoms with van der Waals surface area (Å²) in [4.78, 5) is 18.4. The van der Waals surface area contributed by atoms with Crippen LogP contribution in [0.1, 0.15) is 26.2 Å². The molecule has 1 amide bonds. The molecule has 0 radical (unpaired) electrons. The van der Waals surface area contributed by atoms with Crippen molar-refractivity contribution in [3.63, 3.8) is 0 Å². The lowest BCUT2D eigenvalue weighted by Gasteiger charge is -2.18. The first-order valence-electron chi connectivity index (χ1n) is 7.48. The van der Waals surface area contributed by atoms with Gasteiger partial charge in [0.15, 0.2) is 0 Å². The van der Waals surface area contributed by atoms with E-state index in [0.717, 1.165) is 36.2 Å². The first kappa shape index (κ1) is 13.9. The Morgan fingerprint density at radius 1 is 1.43 bits per heavy atom. The predicted octanol–water partition coefficient (Wildman–Crippen LogP) is 2.65. The second-order valence-corrected chi connectivity index (χ2v) is 5.69. The average Bonchev–Trinajstić information content (AvgIpc) is 3.04. The van der Waals surface area contributed by atoms with E-state index in [1.54, 1.807) is 13.4 Å². The number of amides is 1. The molecule has 1 saturated heterocycles. The Balaban J connectivity index is 1.80. The molecule has 5 heteroatoms. The summed E-state index contributed by atoms with van der Waals surface area (Å²) in [5, 5.41) is 0. The molecule has 2 aromatic rings. The molecule has 0 bridgehead atoms. The summed E-state index contributed by atoms with van der Waals surface area (Å²) in [6.45, 7) is 3.60. The maximum Gasteiger partial charge on any atom is 0.224 e. The maximum atomic E-state index is 12.1. The third kappa shape index (κ3) is 2.73. The molecule has 112 valence electrons. The molecule has 1 fully saturated rings. The molecule has 1 aromatic heterocycles. The summed E-state index contributed by atoms with van der Waals surface area (Å²) < 4.78 is 7.28. The Morgan fingerprint density at radius 3 is 3.05 bits per heavy atom. The van der Waals surface area contributed by atoms with Crippen molar-refractivity contribution < 1.29 is 9.53 Å². The Bertz CT molecular complexity index is 650. The summed E-state index contributed by atoms with van der Waals surface area (Å²) in [7, 11) is 1.65. The molecule has 1 atom stereocenters. The molecule has 1 aliphatic rings. The number of hydrogen-bond acceptors (Lipinski definition) is 3. The highest BCUT2D eigenvalue weighted by molar-refractivity contribution is 5.79. The molecule has 0 saturated carbocycles. The lowest BCUT2D eigenvalue weighted by molar-refractivity contribution is -0.129. The van der Waals surface area contributed by atoms with Crippen LogP contribution in [0.5, 0.6) is 5.75 Å². The molecule has 3 rings (SSSR count). The van der Waals surface area contributed by atoms with Crippen LogP contribution >= 0.6 is 0 Å². The molecule has 0 N–H and O–H groups in total. The van der Waals surface area contributed by atoms with Crippen LogP contribution in [0.3, 0.4) is 0 Å². The van der Waals surface area contributed by atoms with Gasteiger partial charge in [0.05, 0.1) is 31.1 Å². The number of fused-ring (bicyclic) bond motifs is 1. The minimum absolute atomic E-state index is 0.248. The molecule has 21 heavy (non-hydrogen) atoms. The Labute approximate surface area is 124 Å². The van der Waals surface area contributed by atoms with Gasteiger partial charge in [0.1, 0.15) is 5.75 Å². The van der Waals surface area contributed by atoms with Crippen LogP contribution in [0.25, 0.3) is 11.0 Å². The number of benzene rings is 1. The topological polar surface area (TPSA) is 47.4 Å². The van der Waals surface area contributed by atoms with Gasteiger partial charge < -0.3 is 14.2 Å². The fourth-order valence-electron chi connectivity index (χ4n) is 3.05. The zero-order valence-corrected chi connectivity index (χ0v) is 12.6. The van der Waals surface area contributed by atoms with Gasteiger partial charge in [-0.05, 0) is 24.5 Å². The van der Waals surface area contributed by atoms with Crippen LogP contribution in [0, 0.1) is 5.92 Å². The highest BCUT2D eigenvalue weighted by Crippen LogP contribution is 2.25. The number of carbonyl (C=O) groups excluding carboxylic acids is 1. The molecular formula is C16H21N3O2. The van der Waals surface area contributed by atoms with Crippen LogP contribution in [0.15, 0.2) is 24.5 Å². The van der Waals surface area contributed by atoms with E-state index in [4.69, 9.17) is 4.74 Å². The zero-order chi connectivity index (χ0) is 14.8. The van der Waals surface area contributed by atoms with Gasteiger partial charge in [-0.15, -0.1) is 0 Å². The largest absolute Gasteiger partial charge is 0.497 e. The van der Waals surface area contributed by atoms with Gasteiger partial charge in [0.25, 0.3) is 0 Å². The number of nitrogens with zero attached hydrogens (tertiary/aromatic N) is 3. The quantitative estimate of drug-likeness (QED) is 0.849. The van der Waals surface area contributed by atoms with E-state index >= 15 is 0 Å². The Hall–Kier alpha value is -2.04. The molecule has 0 spiro atoms. The molecule has 1 aromatic carbocycles. The van der Waals surface area contributed by atoms with Crippen molar-refractivity contribution in [2.24, 2.45) is 5.92 Å². The third-order valence-corrected chi connectivity index (χ3v) is 4.14. The van der Waals surface area contributed by atoms with Crippen LogP contribution < -0.4 is 4.74 Å². The minimum Gasteiger partial charge on any atom is -0.497 e. The smallest absolute Gasteiger partial charge is 0.224 e. The van der Waals surface area contributed by atoms with Crippen molar-refractivity contribution >= 4 is 16.9 Å². The Kier molecular flexibility index (Phi) is 3.82. The second-order valence-electron chi connectivity index (χ2n) is 5.69. The van der Waals surface area contributed by atoms with Crippen molar-refractivity contribution in [2.75, 3.05) is 13.7 Å². The lowest BCUT2D eigenvalue weighted by Crippen LogP contribution is -2.27. The summed E-state index contributed by atoms with van der Waals surface area (Å²) in [6.07, 6.45) is 4.74. The average molecular weight is 287 g/mol. The summed E-state index contributed by atoms with van der Waals surface area (Å²) in [6, 6.07) is 5.81. The fourth-order valence-corrected chi connectivity index (χ4v) is 3.05. The SMILES string of the molecule is CCCC1CC(=O)N(Cn2cnc3ccc(OC)cc32)C1.